The van der Waals surface area contributed by atoms with Crippen LogP contribution in [0.25, 0.3) is 0 Å². The highest BCUT2D eigenvalue weighted by Crippen LogP contribution is 2.80. The second kappa shape index (κ2) is 22.4. The van der Waals surface area contributed by atoms with Gasteiger partial charge in [-0.15, -0.1) is 0 Å². The van der Waals surface area contributed by atoms with E-state index in [1.54, 1.807) is 0 Å². The zero-order chi connectivity index (χ0) is 28.4. The summed E-state index contributed by atoms with van der Waals surface area (Å²) in [6.45, 7) is 0. The van der Waals surface area contributed by atoms with E-state index in [0.717, 1.165) is 0 Å². The lowest BCUT2D eigenvalue weighted by atomic mass is 11.8. The van der Waals surface area contributed by atoms with Gasteiger partial charge < -0.3 is 97.4 Å². The molecular formula is C2H40N8O25P8+2. The molecule has 0 bridgehead atoms. The first-order chi connectivity index (χ1) is 15.1. The molecule has 0 aromatic rings. The molecule has 34 N–H and O–H groups in total. The number of hydrogen-bond donors (Lipinski definition) is 10. The molecule has 0 amide bonds. The van der Waals surface area contributed by atoms with Crippen LogP contribution in [0.2, 0.25) is 0 Å². The fraction of sp³-hybridized carbons (Fsp3) is 1.00. The van der Waals surface area contributed by atoms with E-state index in [2.05, 4.69) is 39.2 Å². The van der Waals surface area contributed by atoms with Gasteiger partial charge in [0, 0.05) is 14.2 Å². The molecular weight excluding hydrogens is 784 g/mol. The van der Waals surface area contributed by atoms with Gasteiger partial charge in [-0.25, -0.2) is 35.0 Å². The summed E-state index contributed by atoms with van der Waals surface area (Å²) in [6.07, 6.45) is 0. The van der Waals surface area contributed by atoms with Crippen LogP contribution in [0.1, 0.15) is 0 Å². The van der Waals surface area contributed by atoms with Gasteiger partial charge in [0.1, 0.15) is 0 Å². The number of rotatable bonds is 16. The first-order valence-electron chi connectivity index (χ1n) is 6.69. The Balaban J connectivity index is -0.000000206. The Morgan fingerprint density at radius 3 is 0.721 bits per heavy atom. The lowest BCUT2D eigenvalue weighted by Gasteiger charge is -2.35. The summed E-state index contributed by atoms with van der Waals surface area (Å²) in [4.78, 5) is 83.4. The van der Waals surface area contributed by atoms with Gasteiger partial charge in [0.2, 0.25) is 0 Å². The van der Waals surface area contributed by atoms with Crippen LogP contribution in [0.3, 0.4) is 0 Å². The summed E-state index contributed by atoms with van der Waals surface area (Å²) in [5, 5.41) is 0. The second-order valence-electron chi connectivity index (χ2n) is 4.56. The van der Waals surface area contributed by atoms with Gasteiger partial charge in [-0.1, -0.05) is 0 Å². The van der Waals surface area contributed by atoms with E-state index in [-0.39, 0.29) is 63.4 Å². The van der Waals surface area contributed by atoms with Crippen molar-refractivity contribution in [3.05, 3.63) is 0 Å². The maximum atomic E-state index is 12.4. The van der Waals surface area contributed by atoms with Crippen molar-refractivity contribution in [1.29, 1.82) is 0 Å². The smallest absolute Gasteiger partial charge is 0.496 e. The average molecular weight is 824 g/mol. The van der Waals surface area contributed by atoms with Crippen molar-refractivity contribution in [3.8, 4) is 0 Å². The third-order valence-electron chi connectivity index (χ3n) is 1.85. The summed E-state index contributed by atoms with van der Waals surface area (Å²) in [6, 6.07) is 0. The van der Waals surface area contributed by atoms with Gasteiger partial charge in [-0.05, 0) is 0 Å². The molecule has 43 heavy (non-hydrogen) atoms. The highest BCUT2D eigenvalue weighted by molar-refractivity contribution is 7.76. The topological polar surface area (TPSA) is 690 Å². The third kappa shape index (κ3) is 30.0. The summed E-state index contributed by atoms with van der Waals surface area (Å²) < 4.78 is 121. The van der Waals surface area contributed by atoms with Gasteiger partial charge in [0.15, 0.2) is 0 Å². The van der Waals surface area contributed by atoms with Crippen LogP contribution in [-0.2, 0) is 75.7 Å². The Hall–Kier alpha value is 0.840. The maximum Gasteiger partial charge on any atom is 0.496 e. The van der Waals surface area contributed by atoms with Gasteiger partial charge in [-0.2, -0.15) is 4.31 Å². The minimum absolute atomic E-state index is 0. The molecule has 0 aromatic carbocycles. The summed E-state index contributed by atoms with van der Waals surface area (Å²) in [7, 11) is -52.6. The van der Waals surface area contributed by atoms with Gasteiger partial charge in [0.25, 0.3) is 46.9 Å². The Bertz CT molecular complexity index is 1070. The van der Waals surface area contributed by atoms with E-state index in [0.29, 0.717) is 0 Å². The van der Waals surface area contributed by atoms with Crippen LogP contribution in [0.15, 0.2) is 0 Å². The molecule has 8 unspecified atom stereocenters. The van der Waals surface area contributed by atoms with E-state index < -0.39 is 62.6 Å². The minimum atomic E-state index is -7.05. The van der Waals surface area contributed by atoms with Crippen LogP contribution in [-0.4, -0.2) is 24.0 Å². The van der Waals surface area contributed by atoms with Gasteiger partial charge >= 0.3 is 15.6 Å². The average Bonchev–Trinajstić information content (AvgIpc) is 2.45. The molecule has 0 aliphatic heterocycles. The molecule has 33 nitrogen and oxygen atoms in total. The fourth-order valence-corrected chi connectivity index (χ4v) is 11.6. The first-order valence-corrected chi connectivity index (χ1v) is 18.4. The predicted molar refractivity (Wildman–Crippen MR) is 135 cm³/mol. The van der Waals surface area contributed by atoms with E-state index in [9.17, 15) is 65.9 Å². The van der Waals surface area contributed by atoms with Crippen molar-refractivity contribution in [2.75, 3.05) is 14.2 Å². The Labute approximate surface area is 241 Å². The Morgan fingerprint density at radius 1 is 0.372 bits per heavy atom. The van der Waals surface area contributed by atoms with E-state index in [1.165, 1.54) is 0 Å². The molecule has 0 saturated heterocycles. The molecule has 0 rings (SSSR count). The molecule has 0 aliphatic rings. The number of phosphoric acid groups is 8. The van der Waals surface area contributed by atoms with Crippen LogP contribution in [0, 0.1) is 0 Å². The Morgan fingerprint density at radius 2 is 0.558 bits per heavy atom. The molecule has 0 fully saturated rings. The monoisotopic (exact) mass is 824 g/mol. The van der Waals surface area contributed by atoms with Crippen molar-refractivity contribution in [3.63, 3.8) is 0 Å². The third-order valence-corrected chi connectivity index (χ3v) is 14.0. The molecule has 0 spiro atoms. The SMILES string of the molecule is COP(=O)([O-])OP(=O)(OP(=O)([O-])OP(=O)([O-])O)OP(=O)(OP(=O)([O-])OC)OP(=O)([O-])OP(=O)([O-])O.[NH4+].[NH4+].[NH4+].[NH4+].[NH4+].[NH4+].[NH4+].[NH4+]. The second-order valence-corrected chi connectivity index (χ2v) is 17.1. The molecule has 0 heterocycles. The zero-order valence-electron chi connectivity index (χ0n) is 23.9. The number of quaternary nitrogens is 8. The molecule has 0 aromatic heterocycles. The van der Waals surface area contributed by atoms with Gasteiger partial charge in [0.05, 0.1) is 0 Å². The standard InChI is InChI=1S/C2H14O25P8.8H3N/c1-19-30(9,10)23-34(17,25-32(13,14)21-28(3,4)5)27-35(18,24-31(11,12)20-2)26-33(15,16)22-29(6,7)8;;;;;;;;/h1-2H3,(H,9,10)(H,11,12)(H,13,14)(H,15,16)(H2,3,4,5)(H2,6,7,8);8*1H3/p+2. The normalized spacial score (nSPS) is 21.4. The molecule has 0 saturated carbocycles. The van der Waals surface area contributed by atoms with Gasteiger partial charge in [-0.3, -0.25) is 27.4 Å². The lowest BCUT2D eigenvalue weighted by molar-refractivity contribution is -0.239. The van der Waals surface area contributed by atoms with Crippen LogP contribution >= 0.6 is 62.6 Å². The van der Waals surface area contributed by atoms with Crippen molar-refractivity contribution in [1.82, 2.24) is 49.2 Å². The largest absolute Gasteiger partial charge is 0.756 e. The minimum Gasteiger partial charge on any atom is -0.756 e. The quantitative estimate of drug-likeness (QED) is 0.0942. The zero-order valence-corrected chi connectivity index (χ0v) is 31.0. The maximum absolute atomic E-state index is 12.4. The Kier molecular flexibility index (Phi) is 34.6. The fourth-order valence-electron chi connectivity index (χ4n) is 1.05. The summed E-state index contributed by atoms with van der Waals surface area (Å²) in [5.74, 6) is 0. The van der Waals surface area contributed by atoms with E-state index >= 15 is 0 Å². The number of phosphoric ester groups is 2. The van der Waals surface area contributed by atoms with Crippen LogP contribution in [0.4, 0.5) is 0 Å². The van der Waals surface area contributed by atoms with Crippen molar-refractivity contribution >= 4 is 62.6 Å². The van der Waals surface area contributed by atoms with Crippen molar-refractivity contribution < 1.29 is 115 Å². The van der Waals surface area contributed by atoms with E-state index in [1.807, 2.05) is 0 Å². The molecule has 0 aliphatic carbocycles. The van der Waals surface area contributed by atoms with Crippen LogP contribution < -0.4 is 78.6 Å². The predicted octanol–water partition coefficient (Wildman–Crippen LogP) is 0.416. The van der Waals surface area contributed by atoms with Crippen LogP contribution in [0.5, 0.6) is 0 Å². The lowest BCUT2D eigenvalue weighted by Crippen LogP contribution is -2.15. The highest BCUT2D eigenvalue weighted by atomic mass is 31.3. The molecule has 276 valence electrons. The van der Waals surface area contributed by atoms with Crippen molar-refractivity contribution in [2.45, 2.75) is 0 Å². The first kappa shape index (κ1) is 66.3. The molecule has 41 heteroatoms. The molecule has 0 radical (unpaired) electrons. The highest BCUT2D eigenvalue weighted by Gasteiger charge is 2.50. The summed E-state index contributed by atoms with van der Waals surface area (Å²) >= 11 is 0. The number of hydrogen-bond acceptors (Lipinski definition) is 23. The summed E-state index contributed by atoms with van der Waals surface area (Å²) in [5.41, 5.74) is 0. The van der Waals surface area contributed by atoms with Crippen molar-refractivity contribution in [2.24, 2.45) is 0 Å². The van der Waals surface area contributed by atoms with E-state index in [4.69, 9.17) is 9.79 Å². The molecule has 8 atom stereocenters.